The topological polar surface area (TPSA) is 85.4 Å². The molecule has 1 aliphatic heterocycles. The number of anilines is 1. The largest absolute Gasteiger partial charge is 0.454 e. The predicted molar refractivity (Wildman–Crippen MR) is 104 cm³/mol. The van der Waals surface area contributed by atoms with Crippen LogP contribution in [0.15, 0.2) is 54.6 Å². The molecule has 2 aromatic carbocycles. The zero-order valence-electron chi connectivity index (χ0n) is 15.4. The Balaban J connectivity index is 1.32. The Bertz CT molecular complexity index is 989. The van der Waals surface area contributed by atoms with Crippen LogP contribution in [-0.2, 0) is 13.1 Å². The van der Waals surface area contributed by atoms with Crippen molar-refractivity contribution in [3.63, 3.8) is 0 Å². The van der Waals surface area contributed by atoms with Gasteiger partial charge in [0.05, 0.1) is 0 Å². The lowest BCUT2D eigenvalue weighted by Gasteiger charge is -2.08. The molecule has 0 saturated heterocycles. The first-order valence-corrected chi connectivity index (χ1v) is 8.98. The third-order valence-electron chi connectivity index (χ3n) is 4.51. The number of fused-ring (bicyclic) bond motifs is 1. The number of carbonyl (C=O) groups is 1. The van der Waals surface area contributed by atoms with Crippen LogP contribution in [0, 0.1) is 6.92 Å². The van der Waals surface area contributed by atoms with E-state index in [0.29, 0.717) is 18.9 Å². The van der Waals surface area contributed by atoms with E-state index >= 15 is 0 Å². The van der Waals surface area contributed by atoms with Gasteiger partial charge >= 0.3 is 0 Å². The second-order valence-electron chi connectivity index (χ2n) is 6.45. The van der Waals surface area contributed by atoms with Crippen molar-refractivity contribution in [2.24, 2.45) is 0 Å². The van der Waals surface area contributed by atoms with E-state index in [1.807, 2.05) is 49.4 Å². The minimum Gasteiger partial charge on any atom is -0.454 e. The van der Waals surface area contributed by atoms with Crippen molar-refractivity contribution in [1.29, 1.82) is 0 Å². The van der Waals surface area contributed by atoms with Gasteiger partial charge in [0.15, 0.2) is 17.2 Å². The molecule has 2 N–H and O–H groups in total. The molecule has 0 saturated carbocycles. The summed E-state index contributed by atoms with van der Waals surface area (Å²) < 4.78 is 10.7. The molecule has 7 heteroatoms. The second kappa shape index (κ2) is 7.96. The maximum absolute atomic E-state index is 12.3. The highest BCUT2D eigenvalue weighted by Crippen LogP contribution is 2.32. The molecule has 3 aromatic rings. The monoisotopic (exact) mass is 376 g/mol. The van der Waals surface area contributed by atoms with E-state index in [2.05, 4.69) is 20.8 Å². The van der Waals surface area contributed by atoms with E-state index in [1.54, 1.807) is 12.1 Å². The van der Waals surface area contributed by atoms with Gasteiger partial charge in [-0.1, -0.05) is 30.3 Å². The first-order valence-electron chi connectivity index (χ1n) is 8.98. The SMILES string of the molecule is Cc1ccccc1CNC(=O)c1ccc(NCc2ccc3c(c2)OCO3)nn1. The average molecular weight is 376 g/mol. The van der Waals surface area contributed by atoms with E-state index in [-0.39, 0.29) is 18.4 Å². The van der Waals surface area contributed by atoms with Gasteiger partial charge in [0.1, 0.15) is 5.82 Å². The fraction of sp³-hybridized carbons (Fsp3) is 0.190. The molecule has 4 rings (SSSR count). The number of aryl methyl sites for hydroxylation is 1. The molecule has 0 unspecified atom stereocenters. The van der Waals surface area contributed by atoms with Crippen LogP contribution in [0.4, 0.5) is 5.82 Å². The lowest BCUT2D eigenvalue weighted by atomic mass is 10.1. The summed E-state index contributed by atoms with van der Waals surface area (Å²) in [6, 6.07) is 17.1. The summed E-state index contributed by atoms with van der Waals surface area (Å²) in [6.07, 6.45) is 0. The summed E-state index contributed by atoms with van der Waals surface area (Å²) in [5, 5.41) is 14.1. The number of ether oxygens (including phenoxy) is 2. The first-order chi connectivity index (χ1) is 13.7. The van der Waals surface area contributed by atoms with Crippen LogP contribution >= 0.6 is 0 Å². The summed E-state index contributed by atoms with van der Waals surface area (Å²) in [4.78, 5) is 12.3. The molecule has 0 bridgehead atoms. The molecule has 1 aliphatic rings. The third-order valence-corrected chi connectivity index (χ3v) is 4.51. The van der Waals surface area contributed by atoms with Crippen molar-refractivity contribution in [3.05, 3.63) is 77.0 Å². The normalized spacial score (nSPS) is 11.9. The smallest absolute Gasteiger partial charge is 0.272 e. The van der Waals surface area contributed by atoms with Gasteiger partial charge in [0.2, 0.25) is 6.79 Å². The van der Waals surface area contributed by atoms with Crippen LogP contribution in [0.3, 0.4) is 0 Å². The Morgan fingerprint density at radius 2 is 1.86 bits per heavy atom. The van der Waals surface area contributed by atoms with Gasteiger partial charge in [-0.15, -0.1) is 10.2 Å². The number of carbonyl (C=O) groups excluding carboxylic acids is 1. The Morgan fingerprint density at radius 1 is 1.00 bits per heavy atom. The molecule has 7 nitrogen and oxygen atoms in total. The zero-order chi connectivity index (χ0) is 19.3. The fourth-order valence-corrected chi connectivity index (χ4v) is 2.87. The van der Waals surface area contributed by atoms with Crippen molar-refractivity contribution < 1.29 is 14.3 Å². The Labute approximate surface area is 162 Å². The summed E-state index contributed by atoms with van der Waals surface area (Å²) in [5.41, 5.74) is 3.52. The van der Waals surface area contributed by atoms with E-state index in [4.69, 9.17) is 9.47 Å². The number of nitrogens with zero attached hydrogens (tertiary/aromatic N) is 2. The minimum absolute atomic E-state index is 0.252. The lowest BCUT2D eigenvalue weighted by molar-refractivity contribution is 0.0945. The molecular formula is C21H20N4O3. The maximum Gasteiger partial charge on any atom is 0.272 e. The summed E-state index contributed by atoms with van der Waals surface area (Å²) in [5.74, 6) is 1.84. The van der Waals surface area contributed by atoms with Crippen LogP contribution in [0.5, 0.6) is 11.5 Å². The van der Waals surface area contributed by atoms with E-state index in [1.165, 1.54) is 0 Å². The van der Waals surface area contributed by atoms with Gasteiger partial charge in [-0.3, -0.25) is 4.79 Å². The van der Waals surface area contributed by atoms with E-state index in [0.717, 1.165) is 28.2 Å². The van der Waals surface area contributed by atoms with Crippen molar-refractivity contribution in [2.45, 2.75) is 20.0 Å². The van der Waals surface area contributed by atoms with Crippen molar-refractivity contribution in [3.8, 4) is 11.5 Å². The Kier molecular flexibility index (Phi) is 5.05. The summed E-state index contributed by atoms with van der Waals surface area (Å²) in [6.45, 7) is 3.29. The predicted octanol–water partition coefficient (Wildman–Crippen LogP) is 3.06. The number of hydrogen-bond donors (Lipinski definition) is 2. The second-order valence-corrected chi connectivity index (χ2v) is 6.45. The molecule has 0 fully saturated rings. The van der Waals surface area contributed by atoms with Crippen LogP contribution in [0.2, 0.25) is 0 Å². The Hall–Kier alpha value is -3.61. The lowest BCUT2D eigenvalue weighted by Crippen LogP contribution is -2.24. The molecule has 0 aliphatic carbocycles. The highest BCUT2D eigenvalue weighted by molar-refractivity contribution is 5.92. The quantitative estimate of drug-likeness (QED) is 0.688. The van der Waals surface area contributed by atoms with E-state index < -0.39 is 0 Å². The van der Waals surface area contributed by atoms with Gasteiger partial charge < -0.3 is 20.1 Å². The van der Waals surface area contributed by atoms with Gasteiger partial charge in [0, 0.05) is 13.1 Å². The van der Waals surface area contributed by atoms with Crippen LogP contribution in [0.1, 0.15) is 27.2 Å². The molecule has 1 aromatic heterocycles. The van der Waals surface area contributed by atoms with Gasteiger partial charge in [-0.05, 0) is 47.9 Å². The summed E-state index contributed by atoms with van der Waals surface area (Å²) in [7, 11) is 0. The number of benzene rings is 2. The highest BCUT2D eigenvalue weighted by Gasteiger charge is 2.13. The number of aromatic nitrogens is 2. The first kappa shape index (κ1) is 17.8. The zero-order valence-corrected chi connectivity index (χ0v) is 15.4. The molecular weight excluding hydrogens is 356 g/mol. The Morgan fingerprint density at radius 3 is 2.68 bits per heavy atom. The van der Waals surface area contributed by atoms with Gasteiger partial charge in [0.25, 0.3) is 5.91 Å². The van der Waals surface area contributed by atoms with Crippen molar-refractivity contribution in [2.75, 3.05) is 12.1 Å². The number of rotatable bonds is 6. The van der Waals surface area contributed by atoms with Gasteiger partial charge in [-0.2, -0.15) is 0 Å². The van der Waals surface area contributed by atoms with Crippen molar-refractivity contribution >= 4 is 11.7 Å². The highest BCUT2D eigenvalue weighted by atomic mass is 16.7. The minimum atomic E-state index is -0.252. The summed E-state index contributed by atoms with van der Waals surface area (Å²) >= 11 is 0. The van der Waals surface area contributed by atoms with E-state index in [9.17, 15) is 4.79 Å². The molecule has 142 valence electrons. The molecule has 0 radical (unpaired) electrons. The fourth-order valence-electron chi connectivity index (χ4n) is 2.87. The van der Waals surface area contributed by atoms with Crippen LogP contribution in [0.25, 0.3) is 0 Å². The average Bonchev–Trinajstić information content (AvgIpc) is 3.20. The number of amides is 1. The maximum atomic E-state index is 12.3. The molecule has 28 heavy (non-hydrogen) atoms. The molecule has 2 heterocycles. The standard InChI is InChI=1S/C21H20N4O3/c1-14-4-2-3-5-16(14)12-23-21(26)17-7-9-20(25-24-17)22-11-15-6-8-18-19(10-15)28-13-27-18/h2-10H,11-13H2,1H3,(H,22,25)(H,23,26). The number of hydrogen-bond acceptors (Lipinski definition) is 6. The van der Waals surface area contributed by atoms with Crippen molar-refractivity contribution in [1.82, 2.24) is 15.5 Å². The molecule has 0 atom stereocenters. The third kappa shape index (κ3) is 4.03. The van der Waals surface area contributed by atoms with Gasteiger partial charge in [-0.25, -0.2) is 0 Å². The molecule has 0 spiro atoms. The van der Waals surface area contributed by atoms with Crippen LogP contribution in [-0.4, -0.2) is 22.9 Å². The van der Waals surface area contributed by atoms with Crippen LogP contribution < -0.4 is 20.1 Å². The molecule has 1 amide bonds. The number of nitrogens with one attached hydrogen (secondary N) is 2.